The molecule has 0 atom stereocenters. The fraction of sp³-hybridized carbons (Fsp3) is 0.750. The molecule has 0 bridgehead atoms. The van der Waals surface area contributed by atoms with Crippen LogP contribution in [0.2, 0.25) is 0 Å². The summed E-state index contributed by atoms with van der Waals surface area (Å²) in [7, 11) is 0. The SMILES string of the molecule is CC(=O)CCNCCC(C)=O. The number of hydrogen-bond acceptors (Lipinski definition) is 3. The number of nitrogens with one attached hydrogen (secondary N) is 1. The van der Waals surface area contributed by atoms with Crippen LogP contribution in [0.25, 0.3) is 0 Å². The van der Waals surface area contributed by atoms with Crippen LogP contribution in [0.5, 0.6) is 0 Å². The fourth-order valence-corrected chi connectivity index (χ4v) is 0.654. The molecule has 0 fully saturated rings. The van der Waals surface area contributed by atoms with Crippen molar-refractivity contribution in [3.63, 3.8) is 0 Å². The zero-order chi connectivity index (χ0) is 8.69. The summed E-state index contributed by atoms with van der Waals surface area (Å²) in [5, 5.41) is 3.01. The molecule has 0 saturated carbocycles. The largest absolute Gasteiger partial charge is 0.316 e. The maximum absolute atomic E-state index is 10.4. The molecule has 1 N–H and O–H groups in total. The minimum atomic E-state index is 0.181. The lowest BCUT2D eigenvalue weighted by atomic mass is 10.3. The van der Waals surface area contributed by atoms with Gasteiger partial charge in [-0.1, -0.05) is 0 Å². The predicted octanol–water partition coefficient (Wildman–Crippen LogP) is 0.534. The van der Waals surface area contributed by atoms with Crippen molar-refractivity contribution in [3.8, 4) is 0 Å². The smallest absolute Gasteiger partial charge is 0.131 e. The van der Waals surface area contributed by atoms with Crippen molar-refractivity contribution < 1.29 is 9.59 Å². The van der Waals surface area contributed by atoms with Gasteiger partial charge in [0, 0.05) is 25.9 Å². The highest BCUT2D eigenvalue weighted by atomic mass is 16.1. The second-order valence-corrected chi connectivity index (χ2v) is 2.65. The molecule has 0 amide bonds. The monoisotopic (exact) mass is 157 g/mol. The third kappa shape index (κ3) is 9.30. The van der Waals surface area contributed by atoms with E-state index >= 15 is 0 Å². The first-order valence-electron chi connectivity index (χ1n) is 3.82. The lowest BCUT2D eigenvalue weighted by Crippen LogP contribution is -2.20. The van der Waals surface area contributed by atoms with Crippen LogP contribution in [-0.4, -0.2) is 24.7 Å². The molecule has 0 saturated heterocycles. The van der Waals surface area contributed by atoms with Crippen LogP contribution in [-0.2, 0) is 9.59 Å². The van der Waals surface area contributed by atoms with E-state index in [0.717, 1.165) is 0 Å². The Morgan fingerprint density at radius 3 is 1.64 bits per heavy atom. The van der Waals surface area contributed by atoms with Crippen molar-refractivity contribution in [2.24, 2.45) is 0 Å². The van der Waals surface area contributed by atoms with E-state index in [1.165, 1.54) is 0 Å². The number of ketones is 2. The van der Waals surface area contributed by atoms with Gasteiger partial charge in [0.2, 0.25) is 0 Å². The predicted molar refractivity (Wildman–Crippen MR) is 43.5 cm³/mol. The molecule has 0 radical (unpaired) electrons. The van der Waals surface area contributed by atoms with Crippen molar-refractivity contribution in [2.75, 3.05) is 13.1 Å². The van der Waals surface area contributed by atoms with Gasteiger partial charge in [-0.25, -0.2) is 0 Å². The van der Waals surface area contributed by atoms with Gasteiger partial charge in [-0.15, -0.1) is 0 Å². The molecule has 0 aliphatic carbocycles. The van der Waals surface area contributed by atoms with Crippen LogP contribution in [0.4, 0.5) is 0 Å². The Bertz CT molecular complexity index is 127. The first-order chi connectivity index (χ1) is 5.13. The van der Waals surface area contributed by atoms with E-state index in [1.807, 2.05) is 0 Å². The van der Waals surface area contributed by atoms with Crippen LogP contribution in [0.15, 0.2) is 0 Å². The molecule has 0 spiro atoms. The van der Waals surface area contributed by atoms with E-state index in [0.29, 0.717) is 25.9 Å². The second kappa shape index (κ2) is 6.04. The van der Waals surface area contributed by atoms with Crippen LogP contribution in [0, 0.1) is 0 Å². The Labute approximate surface area is 67.2 Å². The highest BCUT2D eigenvalue weighted by molar-refractivity contribution is 5.76. The molecule has 0 heterocycles. The van der Waals surface area contributed by atoms with Gasteiger partial charge in [0.05, 0.1) is 0 Å². The normalized spacial score (nSPS) is 9.64. The molecule has 0 aromatic rings. The Kier molecular flexibility index (Phi) is 5.65. The van der Waals surface area contributed by atoms with Gasteiger partial charge in [0.1, 0.15) is 11.6 Å². The minimum absolute atomic E-state index is 0.181. The Morgan fingerprint density at radius 1 is 1.00 bits per heavy atom. The van der Waals surface area contributed by atoms with Gasteiger partial charge in [-0.3, -0.25) is 9.59 Å². The Morgan fingerprint density at radius 2 is 1.36 bits per heavy atom. The van der Waals surface area contributed by atoms with E-state index in [2.05, 4.69) is 5.32 Å². The summed E-state index contributed by atoms with van der Waals surface area (Å²) in [6, 6.07) is 0. The standard InChI is InChI=1S/C8H15NO2/c1-7(10)3-5-9-6-4-8(2)11/h9H,3-6H2,1-2H3. The minimum Gasteiger partial charge on any atom is -0.316 e. The fourth-order valence-electron chi connectivity index (χ4n) is 0.654. The summed E-state index contributed by atoms with van der Waals surface area (Å²) in [6.07, 6.45) is 1.11. The number of Topliss-reactive ketones (excluding diaryl/α,β-unsaturated/α-hetero) is 2. The van der Waals surface area contributed by atoms with E-state index in [4.69, 9.17) is 0 Å². The van der Waals surface area contributed by atoms with Gasteiger partial charge < -0.3 is 5.32 Å². The van der Waals surface area contributed by atoms with Crippen molar-refractivity contribution >= 4 is 11.6 Å². The molecule has 0 aromatic heterocycles. The second-order valence-electron chi connectivity index (χ2n) is 2.65. The zero-order valence-corrected chi connectivity index (χ0v) is 7.14. The van der Waals surface area contributed by atoms with E-state index in [-0.39, 0.29) is 11.6 Å². The Hall–Kier alpha value is -0.700. The number of hydrogen-bond donors (Lipinski definition) is 1. The zero-order valence-electron chi connectivity index (χ0n) is 7.14. The highest BCUT2D eigenvalue weighted by Crippen LogP contribution is 1.80. The molecule has 0 aromatic carbocycles. The molecule has 0 aliphatic rings. The summed E-state index contributed by atoms with van der Waals surface area (Å²) >= 11 is 0. The highest BCUT2D eigenvalue weighted by Gasteiger charge is 1.94. The molecular formula is C8H15NO2. The summed E-state index contributed by atoms with van der Waals surface area (Å²) in [4.78, 5) is 20.9. The number of carbonyl (C=O) groups is 2. The Balaban J connectivity index is 3.03. The van der Waals surface area contributed by atoms with Gasteiger partial charge >= 0.3 is 0 Å². The number of carbonyl (C=O) groups excluding carboxylic acids is 2. The molecule has 3 nitrogen and oxygen atoms in total. The molecule has 0 aliphatic heterocycles. The van der Waals surface area contributed by atoms with Crippen molar-refractivity contribution in [1.82, 2.24) is 5.32 Å². The molecule has 0 rings (SSSR count). The molecular weight excluding hydrogens is 142 g/mol. The van der Waals surface area contributed by atoms with Crippen molar-refractivity contribution in [2.45, 2.75) is 26.7 Å². The molecule has 64 valence electrons. The molecule has 0 unspecified atom stereocenters. The van der Waals surface area contributed by atoms with Crippen LogP contribution >= 0.6 is 0 Å². The van der Waals surface area contributed by atoms with E-state index < -0.39 is 0 Å². The first kappa shape index (κ1) is 10.3. The summed E-state index contributed by atoms with van der Waals surface area (Å²) in [5.41, 5.74) is 0. The van der Waals surface area contributed by atoms with Crippen molar-refractivity contribution in [1.29, 1.82) is 0 Å². The van der Waals surface area contributed by atoms with Gasteiger partial charge in [0.15, 0.2) is 0 Å². The van der Waals surface area contributed by atoms with Crippen LogP contribution < -0.4 is 5.32 Å². The van der Waals surface area contributed by atoms with Gasteiger partial charge in [-0.2, -0.15) is 0 Å². The van der Waals surface area contributed by atoms with Crippen molar-refractivity contribution in [3.05, 3.63) is 0 Å². The maximum Gasteiger partial charge on any atom is 0.131 e. The van der Waals surface area contributed by atoms with Gasteiger partial charge in [0.25, 0.3) is 0 Å². The van der Waals surface area contributed by atoms with Crippen LogP contribution in [0.1, 0.15) is 26.7 Å². The molecule has 11 heavy (non-hydrogen) atoms. The average molecular weight is 157 g/mol. The quantitative estimate of drug-likeness (QED) is 0.572. The first-order valence-corrected chi connectivity index (χ1v) is 3.82. The third-order valence-electron chi connectivity index (χ3n) is 1.31. The lowest BCUT2D eigenvalue weighted by molar-refractivity contribution is -0.117. The van der Waals surface area contributed by atoms with Crippen LogP contribution in [0.3, 0.4) is 0 Å². The lowest BCUT2D eigenvalue weighted by Gasteiger charge is -1.99. The third-order valence-corrected chi connectivity index (χ3v) is 1.31. The summed E-state index contributed by atoms with van der Waals surface area (Å²) < 4.78 is 0. The van der Waals surface area contributed by atoms with E-state index in [9.17, 15) is 9.59 Å². The molecule has 3 heteroatoms. The van der Waals surface area contributed by atoms with Gasteiger partial charge in [-0.05, 0) is 13.8 Å². The summed E-state index contributed by atoms with van der Waals surface area (Å²) in [6.45, 7) is 4.49. The number of rotatable bonds is 6. The van der Waals surface area contributed by atoms with E-state index in [1.54, 1.807) is 13.8 Å². The average Bonchev–Trinajstić information content (AvgIpc) is 1.85. The topological polar surface area (TPSA) is 46.2 Å². The maximum atomic E-state index is 10.4. The summed E-state index contributed by atoms with van der Waals surface area (Å²) in [5.74, 6) is 0.362.